The van der Waals surface area contributed by atoms with E-state index in [1.165, 1.54) is 0 Å². The van der Waals surface area contributed by atoms with Gasteiger partial charge in [0.1, 0.15) is 0 Å². The van der Waals surface area contributed by atoms with Crippen LogP contribution in [0.3, 0.4) is 0 Å². The van der Waals surface area contributed by atoms with Crippen molar-refractivity contribution < 1.29 is 9.31 Å². The molecule has 22 heavy (non-hydrogen) atoms. The second-order valence-electron chi connectivity index (χ2n) is 7.31. The molecule has 0 N–H and O–H groups in total. The molecule has 0 saturated carbocycles. The summed E-state index contributed by atoms with van der Waals surface area (Å²) in [5, 5.41) is 0. The van der Waals surface area contributed by atoms with Crippen molar-refractivity contribution in [3.8, 4) is 0 Å². The summed E-state index contributed by atoms with van der Waals surface area (Å²) in [6.07, 6.45) is 3.76. The number of nitrogens with zero attached hydrogens (tertiary/aromatic N) is 3. The van der Waals surface area contributed by atoms with Gasteiger partial charge in [0.15, 0.2) is 0 Å². The predicted molar refractivity (Wildman–Crippen MR) is 89.7 cm³/mol. The van der Waals surface area contributed by atoms with Crippen LogP contribution in [-0.2, 0) is 9.31 Å². The van der Waals surface area contributed by atoms with Crippen LogP contribution in [-0.4, -0.2) is 61.4 Å². The van der Waals surface area contributed by atoms with E-state index >= 15 is 0 Å². The Labute approximate surface area is 133 Å². The van der Waals surface area contributed by atoms with Crippen LogP contribution < -0.4 is 10.4 Å². The Morgan fingerprint density at radius 1 is 1.05 bits per heavy atom. The molecule has 0 atom stereocenters. The number of anilines is 1. The first-order chi connectivity index (χ1) is 10.3. The minimum absolute atomic E-state index is 0.319. The van der Waals surface area contributed by atoms with E-state index in [2.05, 4.69) is 49.5 Å². The van der Waals surface area contributed by atoms with E-state index in [4.69, 9.17) is 9.31 Å². The molecule has 0 unspecified atom stereocenters. The molecule has 0 aromatic carbocycles. The van der Waals surface area contributed by atoms with Crippen molar-refractivity contribution in [2.24, 2.45) is 0 Å². The molecule has 1 aromatic rings. The number of hydrogen-bond acceptors (Lipinski definition) is 5. The van der Waals surface area contributed by atoms with Gasteiger partial charge in [-0.2, -0.15) is 0 Å². The number of pyridine rings is 1. The molecule has 2 saturated heterocycles. The van der Waals surface area contributed by atoms with Crippen LogP contribution in [0.4, 0.5) is 5.69 Å². The maximum atomic E-state index is 6.22. The topological polar surface area (TPSA) is 37.8 Å². The Kier molecular flexibility index (Phi) is 3.95. The van der Waals surface area contributed by atoms with Crippen LogP contribution in [0.2, 0.25) is 0 Å². The molecule has 1 aromatic heterocycles. The molecule has 3 heterocycles. The lowest BCUT2D eigenvalue weighted by Crippen LogP contribution is -2.48. The highest BCUT2D eigenvalue weighted by Gasteiger charge is 2.52. The second-order valence-corrected chi connectivity index (χ2v) is 7.31. The van der Waals surface area contributed by atoms with Crippen molar-refractivity contribution in [1.29, 1.82) is 0 Å². The monoisotopic (exact) mass is 303 g/mol. The number of likely N-dealkylation sites (N-methyl/N-ethyl adjacent to an activating group) is 1. The van der Waals surface area contributed by atoms with Gasteiger partial charge in [0, 0.05) is 44.0 Å². The Morgan fingerprint density at radius 2 is 1.64 bits per heavy atom. The van der Waals surface area contributed by atoms with Crippen molar-refractivity contribution in [1.82, 2.24) is 9.88 Å². The van der Waals surface area contributed by atoms with Crippen molar-refractivity contribution in [3.63, 3.8) is 0 Å². The van der Waals surface area contributed by atoms with Gasteiger partial charge in [-0.05, 0) is 40.8 Å². The second kappa shape index (κ2) is 5.51. The van der Waals surface area contributed by atoms with Crippen molar-refractivity contribution in [3.05, 3.63) is 18.5 Å². The summed E-state index contributed by atoms with van der Waals surface area (Å²) in [5.41, 5.74) is 1.58. The lowest BCUT2D eigenvalue weighted by Gasteiger charge is -2.35. The summed E-state index contributed by atoms with van der Waals surface area (Å²) in [4.78, 5) is 9.05. The molecule has 0 radical (unpaired) electrons. The summed E-state index contributed by atoms with van der Waals surface area (Å²) in [5.74, 6) is 0. The fourth-order valence-electron chi connectivity index (χ4n) is 2.88. The molecule has 0 bridgehead atoms. The van der Waals surface area contributed by atoms with Crippen molar-refractivity contribution in [2.45, 2.75) is 38.9 Å². The maximum Gasteiger partial charge on any atom is 0.497 e. The molecule has 0 aliphatic carbocycles. The highest BCUT2D eigenvalue weighted by molar-refractivity contribution is 6.63. The molecule has 0 spiro atoms. The molecule has 6 heteroatoms. The predicted octanol–water partition coefficient (Wildman–Crippen LogP) is 1.13. The first-order valence-electron chi connectivity index (χ1n) is 8.03. The highest BCUT2D eigenvalue weighted by atomic mass is 16.7. The largest absolute Gasteiger partial charge is 0.497 e. The minimum atomic E-state index is -0.331. The van der Waals surface area contributed by atoms with E-state index < -0.39 is 0 Å². The maximum absolute atomic E-state index is 6.22. The summed E-state index contributed by atoms with van der Waals surface area (Å²) < 4.78 is 12.4. The summed E-state index contributed by atoms with van der Waals surface area (Å²) >= 11 is 0. The van der Waals surface area contributed by atoms with Crippen LogP contribution in [0, 0.1) is 0 Å². The molecule has 2 aliphatic rings. The van der Waals surface area contributed by atoms with Crippen molar-refractivity contribution in [2.75, 3.05) is 38.1 Å². The van der Waals surface area contributed by atoms with E-state index in [-0.39, 0.29) is 18.3 Å². The number of rotatable bonds is 2. The zero-order valence-corrected chi connectivity index (χ0v) is 14.3. The van der Waals surface area contributed by atoms with E-state index in [9.17, 15) is 0 Å². The molecule has 0 amide bonds. The van der Waals surface area contributed by atoms with E-state index in [1.54, 1.807) is 0 Å². The van der Waals surface area contributed by atoms with Gasteiger partial charge in [0.05, 0.1) is 16.9 Å². The lowest BCUT2D eigenvalue weighted by atomic mass is 9.78. The molecule has 2 fully saturated rings. The Balaban J connectivity index is 1.87. The molecule has 2 aliphatic heterocycles. The standard InChI is InChI=1S/C16H26BN3O2/c1-15(2)16(3,4)22-17(21-15)13-6-7-18-12-14(13)20-10-8-19(5)9-11-20/h6-7,12H,8-11H2,1-5H3. The number of piperazine rings is 1. The summed E-state index contributed by atoms with van der Waals surface area (Å²) in [6, 6.07) is 2.02. The van der Waals surface area contributed by atoms with Crippen LogP contribution in [0.25, 0.3) is 0 Å². The fourth-order valence-corrected chi connectivity index (χ4v) is 2.88. The molecular formula is C16H26BN3O2. The Bertz CT molecular complexity index is 526. The van der Waals surface area contributed by atoms with Gasteiger partial charge in [-0.3, -0.25) is 4.98 Å². The molecule has 5 nitrogen and oxygen atoms in total. The van der Waals surface area contributed by atoms with E-state index in [0.717, 1.165) is 37.3 Å². The van der Waals surface area contributed by atoms with Crippen LogP contribution >= 0.6 is 0 Å². The Morgan fingerprint density at radius 3 is 2.23 bits per heavy atom. The van der Waals surface area contributed by atoms with Crippen LogP contribution in [0.1, 0.15) is 27.7 Å². The summed E-state index contributed by atoms with van der Waals surface area (Å²) in [7, 11) is 1.83. The fraction of sp³-hybridized carbons (Fsp3) is 0.688. The normalized spacial score (nSPS) is 24.8. The lowest BCUT2D eigenvalue weighted by molar-refractivity contribution is 0.00578. The summed E-state index contributed by atoms with van der Waals surface area (Å²) in [6.45, 7) is 12.5. The van der Waals surface area contributed by atoms with Gasteiger partial charge in [-0.15, -0.1) is 0 Å². The smallest absolute Gasteiger partial charge is 0.399 e. The van der Waals surface area contributed by atoms with Gasteiger partial charge in [-0.25, -0.2) is 0 Å². The van der Waals surface area contributed by atoms with Gasteiger partial charge in [-0.1, -0.05) is 0 Å². The van der Waals surface area contributed by atoms with Crippen LogP contribution in [0.15, 0.2) is 18.5 Å². The number of hydrogen-bond donors (Lipinski definition) is 0. The van der Waals surface area contributed by atoms with E-state index in [1.807, 2.05) is 18.5 Å². The zero-order chi connectivity index (χ0) is 16.0. The third-order valence-electron chi connectivity index (χ3n) is 5.18. The third-order valence-corrected chi connectivity index (χ3v) is 5.18. The SMILES string of the molecule is CN1CCN(c2cnccc2B2OC(C)(C)C(C)(C)O2)CC1. The van der Waals surface area contributed by atoms with Gasteiger partial charge >= 0.3 is 7.12 Å². The average Bonchev–Trinajstić information content (AvgIpc) is 2.68. The van der Waals surface area contributed by atoms with Gasteiger partial charge in [0.25, 0.3) is 0 Å². The third kappa shape index (κ3) is 2.75. The quantitative estimate of drug-likeness (QED) is 0.766. The van der Waals surface area contributed by atoms with Crippen LogP contribution in [0.5, 0.6) is 0 Å². The first kappa shape index (κ1) is 15.8. The Hall–Kier alpha value is -1.11. The molecular weight excluding hydrogens is 277 g/mol. The molecule has 3 rings (SSSR count). The van der Waals surface area contributed by atoms with Crippen molar-refractivity contribution >= 4 is 18.3 Å². The van der Waals surface area contributed by atoms with Gasteiger partial charge in [0.2, 0.25) is 0 Å². The van der Waals surface area contributed by atoms with Gasteiger partial charge < -0.3 is 19.1 Å². The average molecular weight is 303 g/mol. The molecule has 120 valence electrons. The highest BCUT2D eigenvalue weighted by Crippen LogP contribution is 2.37. The number of aromatic nitrogens is 1. The zero-order valence-electron chi connectivity index (χ0n) is 14.3. The minimum Gasteiger partial charge on any atom is -0.399 e. The first-order valence-corrected chi connectivity index (χ1v) is 8.03. The van der Waals surface area contributed by atoms with E-state index in [0.29, 0.717) is 0 Å².